The highest BCUT2D eigenvalue weighted by molar-refractivity contribution is 5.73. The molecule has 0 saturated heterocycles. The number of rotatable bonds is 3. The lowest BCUT2D eigenvalue weighted by Crippen LogP contribution is -2.27. The van der Waals surface area contributed by atoms with Gasteiger partial charge in [-0.3, -0.25) is 0 Å². The van der Waals surface area contributed by atoms with Gasteiger partial charge in [0, 0.05) is 0 Å². The highest BCUT2D eigenvalue weighted by Gasteiger charge is 2.26. The maximum absolute atomic E-state index is 13.1. The minimum absolute atomic E-state index is 0.464. The van der Waals surface area contributed by atoms with Gasteiger partial charge in [-0.1, -0.05) is 0 Å². The number of carbonyl (C=O) groups is 1. The SMILES string of the molecule is N#Cc1c(F)cc(C(O)C(O)C(=O)O)cc1F. The van der Waals surface area contributed by atoms with Crippen LogP contribution in [0.4, 0.5) is 8.78 Å². The zero-order valence-corrected chi connectivity index (χ0v) is 8.26. The van der Waals surface area contributed by atoms with E-state index in [0.29, 0.717) is 12.1 Å². The summed E-state index contributed by atoms with van der Waals surface area (Å²) in [6.45, 7) is 0. The first-order valence-electron chi connectivity index (χ1n) is 4.36. The number of halogens is 2. The molecule has 2 atom stereocenters. The third-order valence-corrected chi connectivity index (χ3v) is 2.07. The average molecular weight is 243 g/mol. The van der Waals surface area contributed by atoms with Crippen LogP contribution in [0.1, 0.15) is 17.2 Å². The molecule has 0 amide bonds. The molecular formula is C10H7F2NO4. The summed E-state index contributed by atoms with van der Waals surface area (Å²) in [6, 6.07) is 2.46. The quantitative estimate of drug-likeness (QED) is 0.709. The number of aliphatic hydroxyl groups excluding tert-OH is 2. The number of hydrogen-bond acceptors (Lipinski definition) is 4. The van der Waals surface area contributed by atoms with Gasteiger partial charge in [-0.15, -0.1) is 0 Å². The Morgan fingerprint density at radius 2 is 1.76 bits per heavy atom. The maximum atomic E-state index is 13.1. The first-order chi connectivity index (χ1) is 7.88. The van der Waals surface area contributed by atoms with Crippen molar-refractivity contribution in [2.75, 3.05) is 0 Å². The Labute approximate surface area is 94.2 Å². The van der Waals surface area contributed by atoms with Gasteiger partial charge >= 0.3 is 5.97 Å². The van der Waals surface area contributed by atoms with Gasteiger partial charge in [0.2, 0.25) is 0 Å². The van der Waals surface area contributed by atoms with Crippen LogP contribution in [0, 0.1) is 23.0 Å². The van der Waals surface area contributed by atoms with Crippen LogP contribution in [0.3, 0.4) is 0 Å². The smallest absolute Gasteiger partial charge is 0.335 e. The molecule has 5 nitrogen and oxygen atoms in total. The summed E-state index contributed by atoms with van der Waals surface area (Å²) in [4.78, 5) is 10.4. The Morgan fingerprint density at radius 1 is 1.29 bits per heavy atom. The summed E-state index contributed by atoms with van der Waals surface area (Å²) in [7, 11) is 0. The summed E-state index contributed by atoms with van der Waals surface area (Å²) in [6.07, 6.45) is -4.19. The van der Waals surface area contributed by atoms with E-state index in [0.717, 1.165) is 0 Å². The van der Waals surface area contributed by atoms with Crippen molar-refractivity contribution in [3.63, 3.8) is 0 Å². The number of aliphatic hydroxyl groups is 2. The van der Waals surface area contributed by atoms with Crippen molar-refractivity contribution in [2.45, 2.75) is 12.2 Å². The zero-order valence-electron chi connectivity index (χ0n) is 8.26. The predicted octanol–water partition coefficient (Wildman–Crippen LogP) is 0.315. The topological polar surface area (TPSA) is 102 Å². The molecule has 1 rings (SSSR count). The van der Waals surface area contributed by atoms with E-state index >= 15 is 0 Å². The second-order valence-electron chi connectivity index (χ2n) is 3.20. The molecule has 3 N–H and O–H groups in total. The van der Waals surface area contributed by atoms with Gasteiger partial charge < -0.3 is 15.3 Å². The van der Waals surface area contributed by atoms with Gasteiger partial charge in [0.05, 0.1) is 0 Å². The van der Waals surface area contributed by atoms with E-state index in [2.05, 4.69) is 0 Å². The second-order valence-corrected chi connectivity index (χ2v) is 3.20. The van der Waals surface area contributed by atoms with Crippen LogP contribution in [0.15, 0.2) is 12.1 Å². The van der Waals surface area contributed by atoms with Crippen molar-refractivity contribution in [1.82, 2.24) is 0 Å². The molecule has 0 radical (unpaired) electrons. The Bertz CT molecular complexity index is 475. The van der Waals surface area contributed by atoms with Crippen molar-refractivity contribution >= 4 is 5.97 Å². The zero-order chi connectivity index (χ0) is 13.2. The lowest BCUT2D eigenvalue weighted by atomic mass is 10.0. The Kier molecular flexibility index (Phi) is 3.73. The number of benzene rings is 1. The fourth-order valence-corrected chi connectivity index (χ4v) is 1.19. The van der Waals surface area contributed by atoms with Crippen LogP contribution in [0.5, 0.6) is 0 Å². The largest absolute Gasteiger partial charge is 0.479 e. The van der Waals surface area contributed by atoms with Crippen LogP contribution in [-0.2, 0) is 4.79 Å². The maximum Gasteiger partial charge on any atom is 0.335 e. The number of carboxylic acid groups (broad SMARTS) is 1. The molecule has 90 valence electrons. The van der Waals surface area contributed by atoms with E-state index in [1.165, 1.54) is 6.07 Å². The standard InChI is InChI=1S/C10H7F2NO4/c11-6-1-4(2-7(12)5(6)3-13)8(14)9(15)10(16)17/h1-2,8-9,14-15H,(H,16,17). The number of aliphatic carboxylic acids is 1. The molecular weight excluding hydrogens is 236 g/mol. The molecule has 0 aliphatic heterocycles. The molecule has 1 aromatic rings. The Balaban J connectivity index is 3.18. The summed E-state index contributed by atoms with van der Waals surface area (Å²) in [5.41, 5.74) is -1.31. The first kappa shape index (κ1) is 13.0. The summed E-state index contributed by atoms with van der Waals surface area (Å²) in [5, 5.41) is 35.1. The van der Waals surface area contributed by atoms with Crippen LogP contribution in [-0.4, -0.2) is 27.4 Å². The Hall–Kier alpha value is -2.04. The lowest BCUT2D eigenvalue weighted by Gasteiger charge is -2.14. The van der Waals surface area contributed by atoms with Crippen molar-refractivity contribution in [1.29, 1.82) is 5.26 Å². The van der Waals surface area contributed by atoms with E-state index in [1.54, 1.807) is 0 Å². The van der Waals surface area contributed by atoms with Gasteiger partial charge in [0.25, 0.3) is 0 Å². The summed E-state index contributed by atoms with van der Waals surface area (Å²) >= 11 is 0. The molecule has 7 heteroatoms. The molecule has 0 bridgehead atoms. The Morgan fingerprint density at radius 3 is 2.12 bits per heavy atom. The molecule has 0 aromatic heterocycles. The van der Waals surface area contributed by atoms with Gasteiger partial charge in [0.15, 0.2) is 6.10 Å². The number of nitrogens with zero attached hydrogens (tertiary/aromatic N) is 1. The number of nitriles is 1. The minimum atomic E-state index is -2.21. The molecule has 0 fully saturated rings. The summed E-state index contributed by atoms with van der Waals surface area (Å²) in [5.74, 6) is -4.21. The molecule has 2 unspecified atom stereocenters. The van der Waals surface area contributed by atoms with Gasteiger partial charge in [-0.2, -0.15) is 5.26 Å². The van der Waals surface area contributed by atoms with E-state index in [1.807, 2.05) is 0 Å². The van der Waals surface area contributed by atoms with Gasteiger partial charge in [0.1, 0.15) is 29.4 Å². The molecule has 0 aliphatic carbocycles. The number of carboxylic acids is 1. The van der Waals surface area contributed by atoms with Crippen LogP contribution in [0.25, 0.3) is 0 Å². The molecule has 0 aliphatic rings. The van der Waals surface area contributed by atoms with Crippen molar-refractivity contribution in [3.8, 4) is 6.07 Å². The van der Waals surface area contributed by atoms with E-state index in [-0.39, 0.29) is 0 Å². The van der Waals surface area contributed by atoms with Crippen LogP contribution in [0.2, 0.25) is 0 Å². The normalized spacial score (nSPS) is 13.8. The predicted molar refractivity (Wildman–Crippen MR) is 49.7 cm³/mol. The van der Waals surface area contributed by atoms with Crippen LogP contribution < -0.4 is 0 Å². The molecule has 0 spiro atoms. The first-order valence-corrected chi connectivity index (χ1v) is 4.36. The highest BCUT2D eigenvalue weighted by atomic mass is 19.1. The lowest BCUT2D eigenvalue weighted by molar-refractivity contribution is -0.153. The number of hydrogen-bond donors (Lipinski definition) is 3. The summed E-state index contributed by atoms with van der Waals surface area (Å²) < 4.78 is 26.3. The van der Waals surface area contributed by atoms with Gasteiger partial charge in [-0.25, -0.2) is 13.6 Å². The van der Waals surface area contributed by atoms with Crippen molar-refractivity contribution in [2.24, 2.45) is 0 Å². The average Bonchev–Trinajstić information content (AvgIpc) is 2.26. The third kappa shape index (κ3) is 2.55. The van der Waals surface area contributed by atoms with E-state index < -0.39 is 40.9 Å². The van der Waals surface area contributed by atoms with Crippen molar-refractivity contribution < 1.29 is 28.9 Å². The molecule has 1 aromatic carbocycles. The monoisotopic (exact) mass is 243 g/mol. The van der Waals surface area contributed by atoms with E-state index in [4.69, 9.17) is 15.5 Å². The third-order valence-electron chi connectivity index (χ3n) is 2.07. The fourth-order valence-electron chi connectivity index (χ4n) is 1.19. The fraction of sp³-hybridized carbons (Fsp3) is 0.200. The molecule has 17 heavy (non-hydrogen) atoms. The highest BCUT2D eigenvalue weighted by Crippen LogP contribution is 2.22. The second kappa shape index (κ2) is 4.86. The molecule has 0 heterocycles. The van der Waals surface area contributed by atoms with Gasteiger partial charge in [-0.05, 0) is 17.7 Å². The van der Waals surface area contributed by atoms with Crippen molar-refractivity contribution in [3.05, 3.63) is 34.9 Å². The van der Waals surface area contributed by atoms with E-state index in [9.17, 15) is 18.7 Å². The minimum Gasteiger partial charge on any atom is -0.479 e. The van der Waals surface area contributed by atoms with Crippen LogP contribution >= 0.6 is 0 Å². The molecule has 0 saturated carbocycles.